The molecule has 0 saturated heterocycles. The van der Waals surface area contributed by atoms with Crippen LogP contribution in [-0.2, 0) is 4.79 Å². The number of carbonyl (C=O) groups excluding carboxylic acids is 1. The number of hydrogen-bond donors (Lipinski definition) is 1. The van der Waals surface area contributed by atoms with Crippen molar-refractivity contribution < 1.29 is 19.1 Å². The average Bonchev–Trinajstić information content (AvgIpc) is 3.05. The Morgan fingerprint density at radius 1 is 1.26 bits per heavy atom. The number of anilines is 1. The van der Waals surface area contributed by atoms with Crippen LogP contribution < -0.4 is 4.90 Å². The van der Waals surface area contributed by atoms with Gasteiger partial charge in [0.15, 0.2) is 0 Å². The molecule has 3 rings (SSSR count). The van der Waals surface area contributed by atoms with E-state index in [9.17, 15) is 14.7 Å². The van der Waals surface area contributed by atoms with Gasteiger partial charge >= 0.3 is 5.97 Å². The molecule has 1 amide bonds. The minimum atomic E-state index is -0.921. The van der Waals surface area contributed by atoms with E-state index in [2.05, 4.69) is 0 Å². The van der Waals surface area contributed by atoms with Crippen molar-refractivity contribution in [2.45, 2.75) is 5.92 Å². The molecule has 0 bridgehead atoms. The first-order valence-corrected chi connectivity index (χ1v) is 5.84. The number of furan rings is 1. The SMILES string of the molecule is O=C(O)C1CN(C(=O)c2ccoc2)c2ccccc21. The van der Waals surface area contributed by atoms with E-state index < -0.39 is 11.9 Å². The van der Waals surface area contributed by atoms with Crippen LogP contribution in [0, 0.1) is 0 Å². The molecule has 5 nitrogen and oxygen atoms in total. The lowest BCUT2D eigenvalue weighted by atomic mass is 10.0. The summed E-state index contributed by atoms with van der Waals surface area (Å²) in [5.74, 6) is -1.84. The fourth-order valence-corrected chi connectivity index (χ4v) is 2.35. The van der Waals surface area contributed by atoms with Gasteiger partial charge in [-0.2, -0.15) is 0 Å². The highest BCUT2D eigenvalue weighted by atomic mass is 16.4. The van der Waals surface area contributed by atoms with E-state index in [0.29, 0.717) is 16.8 Å². The molecule has 96 valence electrons. The fourth-order valence-electron chi connectivity index (χ4n) is 2.35. The van der Waals surface area contributed by atoms with Crippen LogP contribution in [-0.4, -0.2) is 23.5 Å². The van der Waals surface area contributed by atoms with Gasteiger partial charge in [0.2, 0.25) is 0 Å². The lowest BCUT2D eigenvalue weighted by Gasteiger charge is -2.16. The predicted octanol–water partition coefficient (Wildman–Crippen LogP) is 2.11. The molecule has 0 spiro atoms. The molecule has 2 aromatic rings. The van der Waals surface area contributed by atoms with Crippen LogP contribution in [0.4, 0.5) is 5.69 Å². The molecule has 1 aromatic carbocycles. The van der Waals surface area contributed by atoms with Crippen molar-refractivity contribution in [3.05, 3.63) is 54.0 Å². The van der Waals surface area contributed by atoms with E-state index in [-0.39, 0.29) is 12.5 Å². The molecule has 1 aliphatic rings. The molecule has 1 aromatic heterocycles. The van der Waals surface area contributed by atoms with Crippen molar-refractivity contribution >= 4 is 17.6 Å². The summed E-state index contributed by atoms with van der Waals surface area (Å²) in [6, 6.07) is 8.64. The largest absolute Gasteiger partial charge is 0.481 e. The summed E-state index contributed by atoms with van der Waals surface area (Å²) in [6.07, 6.45) is 2.78. The van der Waals surface area contributed by atoms with Gasteiger partial charge in [-0.05, 0) is 17.7 Å². The van der Waals surface area contributed by atoms with Crippen LogP contribution in [0.25, 0.3) is 0 Å². The molecular formula is C14H11NO4. The second-order valence-electron chi connectivity index (χ2n) is 4.38. The summed E-state index contributed by atoms with van der Waals surface area (Å²) < 4.78 is 4.89. The highest BCUT2D eigenvalue weighted by molar-refractivity contribution is 6.08. The Morgan fingerprint density at radius 3 is 2.74 bits per heavy atom. The van der Waals surface area contributed by atoms with Crippen molar-refractivity contribution in [2.75, 3.05) is 11.4 Å². The van der Waals surface area contributed by atoms with E-state index in [0.717, 1.165) is 0 Å². The van der Waals surface area contributed by atoms with Crippen molar-refractivity contribution in [3.63, 3.8) is 0 Å². The maximum absolute atomic E-state index is 12.3. The van der Waals surface area contributed by atoms with Gasteiger partial charge in [0, 0.05) is 12.2 Å². The number of fused-ring (bicyclic) bond motifs is 1. The van der Waals surface area contributed by atoms with Crippen LogP contribution in [0.1, 0.15) is 21.8 Å². The zero-order valence-electron chi connectivity index (χ0n) is 9.95. The van der Waals surface area contributed by atoms with Crippen molar-refractivity contribution in [1.29, 1.82) is 0 Å². The van der Waals surface area contributed by atoms with Crippen molar-refractivity contribution in [2.24, 2.45) is 0 Å². The predicted molar refractivity (Wildman–Crippen MR) is 67.2 cm³/mol. The van der Waals surface area contributed by atoms with Crippen molar-refractivity contribution in [1.82, 2.24) is 0 Å². The molecule has 0 radical (unpaired) electrons. The van der Waals surface area contributed by atoms with Crippen LogP contribution in [0.5, 0.6) is 0 Å². The van der Waals surface area contributed by atoms with Crippen LogP contribution in [0.15, 0.2) is 47.3 Å². The molecule has 19 heavy (non-hydrogen) atoms. The van der Waals surface area contributed by atoms with Gasteiger partial charge < -0.3 is 14.4 Å². The van der Waals surface area contributed by atoms with Crippen molar-refractivity contribution in [3.8, 4) is 0 Å². The second kappa shape index (κ2) is 4.28. The number of carboxylic acid groups (broad SMARTS) is 1. The Hall–Kier alpha value is -2.56. The lowest BCUT2D eigenvalue weighted by molar-refractivity contribution is -0.138. The number of hydrogen-bond acceptors (Lipinski definition) is 3. The Balaban J connectivity index is 2.01. The number of amides is 1. The molecule has 5 heteroatoms. The number of carbonyl (C=O) groups is 2. The molecule has 1 atom stereocenters. The number of rotatable bonds is 2. The summed E-state index contributed by atoms with van der Waals surface area (Å²) in [4.78, 5) is 25.1. The Kier molecular flexibility index (Phi) is 2.59. The molecule has 1 aliphatic heterocycles. The Morgan fingerprint density at radius 2 is 2.05 bits per heavy atom. The van der Waals surface area contributed by atoms with Gasteiger partial charge in [-0.1, -0.05) is 18.2 Å². The highest BCUT2D eigenvalue weighted by Gasteiger charge is 2.36. The summed E-state index contributed by atoms with van der Waals surface area (Å²) >= 11 is 0. The quantitative estimate of drug-likeness (QED) is 0.894. The van der Waals surface area contributed by atoms with Gasteiger partial charge in [-0.3, -0.25) is 9.59 Å². The minimum absolute atomic E-state index is 0.151. The standard InChI is InChI=1S/C14H11NO4/c16-13(9-5-6-19-8-9)15-7-11(14(17)18)10-3-1-2-4-12(10)15/h1-6,8,11H,7H2,(H,17,18). The van der Waals surface area contributed by atoms with Crippen LogP contribution in [0.2, 0.25) is 0 Å². The number of para-hydroxylation sites is 1. The third kappa shape index (κ3) is 1.79. The second-order valence-corrected chi connectivity index (χ2v) is 4.38. The molecular weight excluding hydrogens is 246 g/mol. The average molecular weight is 257 g/mol. The minimum Gasteiger partial charge on any atom is -0.481 e. The van der Waals surface area contributed by atoms with Crippen LogP contribution >= 0.6 is 0 Å². The number of benzene rings is 1. The van der Waals surface area contributed by atoms with E-state index in [4.69, 9.17) is 4.42 Å². The molecule has 1 N–H and O–H groups in total. The Bertz CT molecular complexity index is 633. The Labute approximate surface area is 109 Å². The first-order valence-electron chi connectivity index (χ1n) is 5.84. The third-order valence-corrected chi connectivity index (χ3v) is 3.28. The summed E-state index contributed by atoms with van der Waals surface area (Å²) in [5, 5.41) is 9.23. The summed E-state index contributed by atoms with van der Waals surface area (Å²) in [6.45, 7) is 0.151. The summed E-state index contributed by atoms with van der Waals surface area (Å²) in [7, 11) is 0. The number of aliphatic carboxylic acids is 1. The van der Waals surface area contributed by atoms with Gasteiger partial charge in [-0.25, -0.2) is 0 Å². The van der Waals surface area contributed by atoms with E-state index in [1.807, 2.05) is 0 Å². The van der Waals surface area contributed by atoms with Crippen LogP contribution in [0.3, 0.4) is 0 Å². The van der Waals surface area contributed by atoms with E-state index in [1.54, 1.807) is 30.3 Å². The first-order chi connectivity index (χ1) is 9.18. The normalized spacial score (nSPS) is 17.3. The molecule has 0 aliphatic carbocycles. The molecule has 2 heterocycles. The lowest BCUT2D eigenvalue weighted by Crippen LogP contribution is -2.30. The zero-order valence-corrected chi connectivity index (χ0v) is 9.95. The number of nitrogens with zero attached hydrogens (tertiary/aromatic N) is 1. The van der Waals surface area contributed by atoms with E-state index in [1.165, 1.54) is 17.4 Å². The van der Waals surface area contributed by atoms with Gasteiger partial charge in [0.05, 0.1) is 11.8 Å². The highest BCUT2D eigenvalue weighted by Crippen LogP contribution is 2.37. The van der Waals surface area contributed by atoms with E-state index >= 15 is 0 Å². The molecule has 1 unspecified atom stereocenters. The zero-order chi connectivity index (χ0) is 13.4. The maximum atomic E-state index is 12.3. The third-order valence-electron chi connectivity index (χ3n) is 3.28. The maximum Gasteiger partial charge on any atom is 0.312 e. The molecule has 0 saturated carbocycles. The van der Waals surface area contributed by atoms with Gasteiger partial charge in [-0.15, -0.1) is 0 Å². The monoisotopic (exact) mass is 257 g/mol. The smallest absolute Gasteiger partial charge is 0.312 e. The van der Waals surface area contributed by atoms with Gasteiger partial charge in [0.25, 0.3) is 5.91 Å². The first kappa shape index (κ1) is 11.5. The van der Waals surface area contributed by atoms with Gasteiger partial charge in [0.1, 0.15) is 12.2 Å². The molecule has 0 fully saturated rings. The summed E-state index contributed by atoms with van der Waals surface area (Å²) in [5.41, 5.74) is 1.74. The topological polar surface area (TPSA) is 70.8 Å². The number of carboxylic acids is 1. The fraction of sp³-hybridized carbons (Fsp3) is 0.143.